The zero-order valence-corrected chi connectivity index (χ0v) is 8.47. The number of hydrogen-bond donors (Lipinski definition) is 2. The van der Waals surface area contributed by atoms with E-state index in [2.05, 4.69) is 15.6 Å². The molecular weight excluding hydrogens is 223 g/mol. The fraction of sp³-hybridized carbons (Fsp3) is 0. The van der Waals surface area contributed by atoms with Crippen LogP contribution in [0.15, 0.2) is 18.3 Å². The Hall–Kier alpha value is -1.10. The monoisotopic (exact) mass is 228 g/mol. The van der Waals surface area contributed by atoms with Crippen LogP contribution >= 0.6 is 23.2 Å². The number of nitrogens with zero attached hydrogens (tertiary/aromatic N) is 2. The summed E-state index contributed by atoms with van der Waals surface area (Å²) in [5, 5.41) is 10.1. The van der Waals surface area contributed by atoms with Crippen molar-refractivity contribution in [3.05, 3.63) is 28.4 Å². The SMILES string of the molecule is NNc1nncc2cc(Cl)c(Cl)cc12. The number of nitrogen functional groups attached to an aromatic ring is 1. The van der Waals surface area contributed by atoms with Crippen LogP contribution in [-0.4, -0.2) is 10.2 Å². The average molecular weight is 229 g/mol. The molecule has 2 aromatic rings. The van der Waals surface area contributed by atoms with Crippen molar-refractivity contribution in [2.24, 2.45) is 5.84 Å². The minimum absolute atomic E-state index is 0.462. The molecule has 1 heterocycles. The van der Waals surface area contributed by atoms with E-state index in [9.17, 15) is 0 Å². The number of halogens is 2. The molecule has 1 aromatic carbocycles. The highest BCUT2D eigenvalue weighted by Crippen LogP contribution is 2.29. The van der Waals surface area contributed by atoms with Crippen LogP contribution < -0.4 is 11.3 Å². The van der Waals surface area contributed by atoms with Crippen LogP contribution in [0.3, 0.4) is 0 Å². The van der Waals surface area contributed by atoms with Gasteiger partial charge in [0.25, 0.3) is 0 Å². The lowest BCUT2D eigenvalue weighted by atomic mass is 10.2. The maximum atomic E-state index is 5.87. The van der Waals surface area contributed by atoms with Crippen LogP contribution in [0.25, 0.3) is 10.8 Å². The van der Waals surface area contributed by atoms with Gasteiger partial charge in [-0.3, -0.25) is 0 Å². The van der Waals surface area contributed by atoms with Gasteiger partial charge in [0.1, 0.15) is 0 Å². The zero-order chi connectivity index (χ0) is 10.1. The number of rotatable bonds is 1. The van der Waals surface area contributed by atoms with Crippen LogP contribution in [-0.2, 0) is 0 Å². The first-order chi connectivity index (χ1) is 6.72. The summed E-state index contributed by atoms with van der Waals surface area (Å²) in [5.74, 6) is 5.75. The molecule has 1 aromatic heterocycles. The first kappa shape index (κ1) is 9.45. The zero-order valence-electron chi connectivity index (χ0n) is 6.96. The second-order valence-corrected chi connectivity index (χ2v) is 3.51. The van der Waals surface area contributed by atoms with Crippen molar-refractivity contribution >= 4 is 39.8 Å². The predicted octanol–water partition coefficient (Wildman–Crippen LogP) is 2.22. The largest absolute Gasteiger partial charge is 0.306 e. The average Bonchev–Trinajstić information content (AvgIpc) is 2.19. The molecule has 0 bridgehead atoms. The van der Waals surface area contributed by atoms with Crippen molar-refractivity contribution in [2.45, 2.75) is 0 Å². The molecule has 0 unspecified atom stereocenters. The number of nitrogens with two attached hydrogens (primary N) is 1. The normalized spacial score (nSPS) is 10.5. The Morgan fingerprint density at radius 2 is 1.93 bits per heavy atom. The van der Waals surface area contributed by atoms with Crippen molar-refractivity contribution in [1.82, 2.24) is 10.2 Å². The summed E-state index contributed by atoms with van der Waals surface area (Å²) in [6, 6.07) is 3.41. The Bertz CT molecular complexity index is 486. The number of anilines is 1. The molecule has 0 fully saturated rings. The smallest absolute Gasteiger partial charge is 0.170 e. The van der Waals surface area contributed by atoms with Gasteiger partial charge in [0.05, 0.1) is 16.2 Å². The molecule has 0 saturated heterocycles. The van der Waals surface area contributed by atoms with Crippen molar-refractivity contribution in [2.75, 3.05) is 5.43 Å². The van der Waals surface area contributed by atoms with E-state index in [-0.39, 0.29) is 0 Å². The quantitative estimate of drug-likeness (QED) is 0.581. The van der Waals surface area contributed by atoms with Gasteiger partial charge < -0.3 is 5.43 Å². The second-order valence-electron chi connectivity index (χ2n) is 2.69. The molecule has 0 spiro atoms. The third kappa shape index (κ3) is 1.48. The minimum Gasteiger partial charge on any atom is -0.306 e. The topological polar surface area (TPSA) is 63.8 Å². The lowest BCUT2D eigenvalue weighted by molar-refractivity contribution is 1.04. The molecule has 14 heavy (non-hydrogen) atoms. The highest BCUT2D eigenvalue weighted by molar-refractivity contribution is 6.42. The summed E-state index contributed by atoms with van der Waals surface area (Å²) in [6.07, 6.45) is 1.60. The molecule has 0 saturated carbocycles. The molecule has 0 aliphatic heterocycles. The van der Waals surface area contributed by atoms with Gasteiger partial charge in [-0.1, -0.05) is 23.2 Å². The Morgan fingerprint density at radius 3 is 2.64 bits per heavy atom. The number of fused-ring (bicyclic) bond motifs is 1. The molecule has 0 radical (unpaired) electrons. The lowest BCUT2D eigenvalue weighted by Crippen LogP contribution is -2.09. The van der Waals surface area contributed by atoms with E-state index in [0.717, 1.165) is 10.8 Å². The Kier molecular flexibility index (Phi) is 2.41. The summed E-state index contributed by atoms with van der Waals surface area (Å²) in [5.41, 5.74) is 2.44. The Morgan fingerprint density at radius 1 is 1.21 bits per heavy atom. The number of hydrogen-bond acceptors (Lipinski definition) is 4. The molecule has 72 valence electrons. The number of nitrogens with one attached hydrogen (secondary N) is 1. The standard InChI is InChI=1S/C8H6Cl2N4/c9-6-1-4-3-12-14-8(13-11)5(4)2-7(6)10/h1-3H,11H2,(H,13,14). The van der Waals surface area contributed by atoms with Crippen molar-refractivity contribution < 1.29 is 0 Å². The van der Waals surface area contributed by atoms with E-state index in [0.29, 0.717) is 15.9 Å². The van der Waals surface area contributed by atoms with Crippen molar-refractivity contribution in [3.8, 4) is 0 Å². The van der Waals surface area contributed by atoms with E-state index < -0.39 is 0 Å². The van der Waals surface area contributed by atoms with E-state index in [1.807, 2.05) is 0 Å². The molecule has 4 nitrogen and oxygen atoms in total. The maximum absolute atomic E-state index is 5.87. The highest BCUT2D eigenvalue weighted by atomic mass is 35.5. The van der Waals surface area contributed by atoms with Gasteiger partial charge in [0, 0.05) is 10.8 Å². The Balaban J connectivity index is 2.81. The van der Waals surface area contributed by atoms with Crippen molar-refractivity contribution in [3.63, 3.8) is 0 Å². The van der Waals surface area contributed by atoms with Gasteiger partial charge in [0.15, 0.2) is 5.82 Å². The van der Waals surface area contributed by atoms with Crippen molar-refractivity contribution in [1.29, 1.82) is 0 Å². The summed E-state index contributed by atoms with van der Waals surface area (Å²) in [6.45, 7) is 0. The first-order valence-corrected chi connectivity index (χ1v) is 4.55. The lowest BCUT2D eigenvalue weighted by Gasteiger charge is -2.04. The summed E-state index contributed by atoms with van der Waals surface area (Å²) in [7, 11) is 0. The highest BCUT2D eigenvalue weighted by Gasteiger charge is 2.05. The fourth-order valence-corrected chi connectivity index (χ4v) is 1.52. The van der Waals surface area contributed by atoms with Crippen LogP contribution in [0, 0.1) is 0 Å². The van der Waals surface area contributed by atoms with Crippen LogP contribution in [0.4, 0.5) is 5.82 Å². The van der Waals surface area contributed by atoms with E-state index in [1.54, 1.807) is 18.3 Å². The fourth-order valence-electron chi connectivity index (χ4n) is 1.18. The number of hydrazine groups is 1. The predicted molar refractivity (Wildman–Crippen MR) is 57.4 cm³/mol. The van der Waals surface area contributed by atoms with E-state index >= 15 is 0 Å². The van der Waals surface area contributed by atoms with Gasteiger partial charge in [-0.2, -0.15) is 5.10 Å². The summed E-state index contributed by atoms with van der Waals surface area (Å²) in [4.78, 5) is 0. The van der Waals surface area contributed by atoms with Crippen LogP contribution in [0.2, 0.25) is 10.0 Å². The second kappa shape index (κ2) is 3.57. The molecule has 0 amide bonds. The molecule has 2 rings (SSSR count). The van der Waals surface area contributed by atoms with E-state index in [4.69, 9.17) is 29.0 Å². The number of aromatic nitrogens is 2. The molecule has 0 atom stereocenters. The molecular formula is C8H6Cl2N4. The van der Waals surface area contributed by atoms with E-state index in [1.165, 1.54) is 0 Å². The molecule has 6 heteroatoms. The first-order valence-electron chi connectivity index (χ1n) is 3.79. The number of benzene rings is 1. The minimum atomic E-state index is 0.462. The van der Waals surface area contributed by atoms with Crippen LogP contribution in [0.5, 0.6) is 0 Å². The maximum Gasteiger partial charge on any atom is 0.170 e. The molecule has 0 aliphatic rings. The van der Waals surface area contributed by atoms with Gasteiger partial charge in [-0.15, -0.1) is 5.10 Å². The molecule has 0 aliphatic carbocycles. The summed E-state index contributed by atoms with van der Waals surface area (Å²) < 4.78 is 0. The van der Waals surface area contributed by atoms with Gasteiger partial charge in [-0.25, -0.2) is 5.84 Å². The summed E-state index contributed by atoms with van der Waals surface area (Å²) >= 11 is 11.7. The van der Waals surface area contributed by atoms with Gasteiger partial charge >= 0.3 is 0 Å². The third-order valence-electron chi connectivity index (χ3n) is 1.84. The molecule has 3 N–H and O–H groups in total. The third-order valence-corrected chi connectivity index (χ3v) is 2.56. The van der Waals surface area contributed by atoms with Gasteiger partial charge in [-0.05, 0) is 12.1 Å². The van der Waals surface area contributed by atoms with Crippen LogP contribution in [0.1, 0.15) is 0 Å². The van der Waals surface area contributed by atoms with Gasteiger partial charge in [0.2, 0.25) is 0 Å². The Labute approximate surface area is 90.0 Å².